The van der Waals surface area contributed by atoms with Crippen LogP contribution in [0.2, 0.25) is 0 Å². The second kappa shape index (κ2) is 4.69. The van der Waals surface area contributed by atoms with E-state index in [1.165, 1.54) is 7.11 Å². The third kappa shape index (κ3) is 3.01. The first-order valence-electron chi connectivity index (χ1n) is 5.60. The van der Waals surface area contributed by atoms with Crippen molar-refractivity contribution in [1.29, 1.82) is 0 Å². The van der Waals surface area contributed by atoms with Gasteiger partial charge >= 0.3 is 0 Å². The second-order valence-electron chi connectivity index (χ2n) is 4.84. The van der Waals surface area contributed by atoms with E-state index < -0.39 is 34.4 Å². The van der Waals surface area contributed by atoms with Crippen LogP contribution in [0.5, 0.6) is 0 Å². The third-order valence-electron chi connectivity index (χ3n) is 2.76. The summed E-state index contributed by atoms with van der Waals surface area (Å²) in [4.78, 5) is 0. The largest absolute Gasteiger partial charge is 0.353 e. The quantitative estimate of drug-likeness (QED) is 0.666. The number of hydrogen-bond donors (Lipinski definition) is 0. The predicted octanol–water partition coefficient (Wildman–Crippen LogP) is -0.146. The number of ether oxygens (including phenoxy) is 4. The van der Waals surface area contributed by atoms with Crippen molar-refractivity contribution in [3.05, 3.63) is 0 Å². The molecule has 0 aromatic heterocycles. The fourth-order valence-corrected chi connectivity index (χ4v) is 2.82. The minimum absolute atomic E-state index is 0.274. The van der Waals surface area contributed by atoms with Crippen molar-refractivity contribution in [2.75, 3.05) is 20.0 Å². The van der Waals surface area contributed by atoms with E-state index in [9.17, 15) is 8.42 Å². The van der Waals surface area contributed by atoms with Gasteiger partial charge in [0, 0.05) is 7.11 Å². The summed E-state index contributed by atoms with van der Waals surface area (Å²) in [6, 6.07) is 0. The summed E-state index contributed by atoms with van der Waals surface area (Å²) in [6.45, 7) is 3.78. The first-order valence-corrected chi connectivity index (χ1v) is 7.42. The van der Waals surface area contributed by atoms with E-state index in [-0.39, 0.29) is 12.7 Å². The van der Waals surface area contributed by atoms with Gasteiger partial charge in [0.25, 0.3) is 10.1 Å². The molecule has 0 aromatic carbocycles. The SMILES string of the molecule is CO[C@@H]1OC[C@H]2OC(C)(C)O[C@H]2[C@H]1OS(C)(=O)=O. The van der Waals surface area contributed by atoms with Crippen LogP contribution in [0.4, 0.5) is 0 Å². The van der Waals surface area contributed by atoms with Crippen LogP contribution in [-0.4, -0.2) is 58.8 Å². The van der Waals surface area contributed by atoms with Crippen LogP contribution in [0.3, 0.4) is 0 Å². The van der Waals surface area contributed by atoms with Gasteiger partial charge in [-0.1, -0.05) is 0 Å². The minimum atomic E-state index is -3.64. The van der Waals surface area contributed by atoms with E-state index in [2.05, 4.69) is 0 Å². The Kier molecular flexibility index (Phi) is 3.69. The van der Waals surface area contributed by atoms with Crippen LogP contribution >= 0.6 is 0 Å². The molecule has 0 spiro atoms. The number of hydrogen-bond acceptors (Lipinski definition) is 7. The van der Waals surface area contributed by atoms with E-state index in [1.807, 2.05) is 0 Å². The molecule has 2 rings (SSSR count). The van der Waals surface area contributed by atoms with Gasteiger partial charge in [0.2, 0.25) is 0 Å². The van der Waals surface area contributed by atoms with E-state index >= 15 is 0 Å². The molecule has 0 saturated carbocycles. The molecule has 8 heteroatoms. The lowest BCUT2D eigenvalue weighted by molar-refractivity contribution is -0.233. The monoisotopic (exact) mass is 282 g/mol. The Labute approximate surface area is 106 Å². The fraction of sp³-hybridized carbons (Fsp3) is 1.00. The zero-order chi connectivity index (χ0) is 13.6. The van der Waals surface area contributed by atoms with Gasteiger partial charge in [-0.25, -0.2) is 0 Å². The number of fused-ring (bicyclic) bond motifs is 1. The Morgan fingerprint density at radius 2 is 1.94 bits per heavy atom. The van der Waals surface area contributed by atoms with Crippen molar-refractivity contribution >= 4 is 10.1 Å². The van der Waals surface area contributed by atoms with Gasteiger partial charge in [-0.3, -0.25) is 4.18 Å². The van der Waals surface area contributed by atoms with Crippen molar-refractivity contribution < 1.29 is 31.5 Å². The van der Waals surface area contributed by atoms with Crippen LogP contribution in [-0.2, 0) is 33.2 Å². The third-order valence-corrected chi connectivity index (χ3v) is 3.33. The molecule has 0 aromatic rings. The molecule has 18 heavy (non-hydrogen) atoms. The maximum atomic E-state index is 11.3. The minimum Gasteiger partial charge on any atom is -0.353 e. The Balaban J connectivity index is 2.20. The molecule has 2 heterocycles. The lowest BCUT2D eigenvalue weighted by Crippen LogP contribution is -2.54. The molecule has 7 nitrogen and oxygen atoms in total. The van der Waals surface area contributed by atoms with Crippen molar-refractivity contribution in [1.82, 2.24) is 0 Å². The average Bonchev–Trinajstić information content (AvgIpc) is 2.51. The molecule has 0 amide bonds. The molecule has 2 fully saturated rings. The van der Waals surface area contributed by atoms with Gasteiger partial charge < -0.3 is 18.9 Å². The summed E-state index contributed by atoms with van der Waals surface area (Å²) >= 11 is 0. The van der Waals surface area contributed by atoms with Gasteiger partial charge in [0.15, 0.2) is 18.2 Å². The molecule has 0 bridgehead atoms. The lowest BCUT2D eigenvalue weighted by atomic mass is 10.1. The molecular weight excluding hydrogens is 264 g/mol. The van der Waals surface area contributed by atoms with Crippen molar-refractivity contribution in [3.63, 3.8) is 0 Å². The van der Waals surface area contributed by atoms with E-state index in [4.69, 9.17) is 23.1 Å². The highest BCUT2D eigenvalue weighted by molar-refractivity contribution is 7.86. The Morgan fingerprint density at radius 1 is 1.28 bits per heavy atom. The van der Waals surface area contributed by atoms with E-state index in [0.717, 1.165) is 6.26 Å². The van der Waals surface area contributed by atoms with Crippen LogP contribution in [0.1, 0.15) is 13.8 Å². The number of rotatable bonds is 3. The summed E-state index contributed by atoms with van der Waals surface area (Å²) in [6.07, 6.45) is -1.58. The zero-order valence-electron chi connectivity index (χ0n) is 10.8. The van der Waals surface area contributed by atoms with E-state index in [1.54, 1.807) is 13.8 Å². The van der Waals surface area contributed by atoms with Gasteiger partial charge in [-0.05, 0) is 13.8 Å². The highest BCUT2D eigenvalue weighted by atomic mass is 32.2. The highest BCUT2D eigenvalue weighted by Gasteiger charge is 2.53. The first kappa shape index (κ1) is 14.2. The van der Waals surface area contributed by atoms with Crippen molar-refractivity contribution in [3.8, 4) is 0 Å². The number of methoxy groups -OCH3 is 1. The van der Waals surface area contributed by atoms with Gasteiger partial charge in [0.05, 0.1) is 12.9 Å². The zero-order valence-corrected chi connectivity index (χ0v) is 11.6. The fourth-order valence-electron chi connectivity index (χ4n) is 2.21. The maximum Gasteiger partial charge on any atom is 0.264 e. The van der Waals surface area contributed by atoms with Gasteiger partial charge in [0.1, 0.15) is 12.2 Å². The summed E-state index contributed by atoms with van der Waals surface area (Å²) < 4.78 is 49.3. The maximum absolute atomic E-state index is 11.3. The Hall–Kier alpha value is -0.250. The van der Waals surface area contributed by atoms with E-state index in [0.29, 0.717) is 0 Å². The molecular formula is C10H18O7S. The lowest BCUT2D eigenvalue weighted by Gasteiger charge is -2.35. The Morgan fingerprint density at radius 3 is 2.50 bits per heavy atom. The molecule has 2 saturated heterocycles. The molecule has 2 aliphatic rings. The summed E-state index contributed by atoms with van der Waals surface area (Å²) in [7, 11) is -2.22. The summed E-state index contributed by atoms with van der Waals surface area (Å²) in [5, 5.41) is 0. The smallest absolute Gasteiger partial charge is 0.264 e. The molecule has 0 N–H and O–H groups in total. The van der Waals surface area contributed by atoms with Crippen LogP contribution in [0.25, 0.3) is 0 Å². The molecule has 4 atom stereocenters. The molecule has 0 unspecified atom stereocenters. The Bertz CT molecular complexity index is 404. The van der Waals surface area contributed by atoms with Crippen LogP contribution < -0.4 is 0 Å². The van der Waals surface area contributed by atoms with Gasteiger partial charge in [-0.15, -0.1) is 0 Å². The second-order valence-corrected chi connectivity index (χ2v) is 6.44. The molecule has 106 valence electrons. The highest BCUT2D eigenvalue weighted by Crippen LogP contribution is 2.36. The van der Waals surface area contributed by atoms with Crippen molar-refractivity contribution in [2.45, 2.75) is 44.2 Å². The molecule has 0 radical (unpaired) electrons. The van der Waals surface area contributed by atoms with Crippen LogP contribution in [0.15, 0.2) is 0 Å². The van der Waals surface area contributed by atoms with Crippen molar-refractivity contribution in [2.24, 2.45) is 0 Å². The molecule has 0 aliphatic carbocycles. The summed E-state index contributed by atoms with van der Waals surface area (Å²) in [5.74, 6) is -0.791. The first-order chi connectivity index (χ1) is 8.22. The average molecular weight is 282 g/mol. The normalized spacial score (nSPS) is 39.6. The topological polar surface area (TPSA) is 80.3 Å². The molecule has 2 aliphatic heterocycles. The predicted molar refractivity (Wildman–Crippen MR) is 60.3 cm³/mol. The summed E-state index contributed by atoms with van der Waals surface area (Å²) in [5.41, 5.74) is 0. The standard InChI is InChI=1S/C10H18O7S/c1-10(2)15-6-5-14-9(13-3)8(7(6)16-10)17-18(4,11)12/h6-9H,5H2,1-4H3/t6-,7-,8-,9-/m1/s1. The van der Waals surface area contributed by atoms with Crippen LogP contribution in [0, 0.1) is 0 Å². The van der Waals surface area contributed by atoms with Gasteiger partial charge in [-0.2, -0.15) is 8.42 Å².